The summed E-state index contributed by atoms with van der Waals surface area (Å²) >= 11 is 0. The normalized spacial score (nSPS) is 21.2. The summed E-state index contributed by atoms with van der Waals surface area (Å²) in [4.78, 5) is 2.11. The fourth-order valence-electron chi connectivity index (χ4n) is 2.97. The molecule has 1 heterocycles. The minimum Gasteiger partial charge on any atom is -0.324 e. The van der Waals surface area contributed by atoms with Crippen molar-refractivity contribution in [3.05, 3.63) is 35.9 Å². The molecule has 118 valence electrons. The molecule has 2 rings (SSSR count). The molecule has 0 radical (unpaired) electrons. The van der Waals surface area contributed by atoms with Crippen LogP contribution >= 0.6 is 0 Å². The summed E-state index contributed by atoms with van der Waals surface area (Å²) < 4.78 is 37.9. The lowest BCUT2D eigenvalue weighted by Gasteiger charge is -2.35. The number of halogens is 3. The molecule has 2 unspecified atom stereocenters. The van der Waals surface area contributed by atoms with E-state index in [1.54, 1.807) is 0 Å². The summed E-state index contributed by atoms with van der Waals surface area (Å²) in [6.07, 6.45) is -3.63. The minimum absolute atomic E-state index is 0.0773. The first-order valence-corrected chi connectivity index (χ1v) is 7.47. The van der Waals surface area contributed by atoms with Crippen LogP contribution in [0, 0.1) is 11.8 Å². The highest BCUT2D eigenvalue weighted by Crippen LogP contribution is 2.34. The van der Waals surface area contributed by atoms with Gasteiger partial charge in [-0.25, -0.2) is 0 Å². The smallest absolute Gasteiger partial charge is 0.324 e. The summed E-state index contributed by atoms with van der Waals surface area (Å²) in [6, 6.07) is 9.77. The van der Waals surface area contributed by atoms with Gasteiger partial charge in [0.15, 0.2) is 0 Å². The zero-order chi connectivity index (χ0) is 15.5. The van der Waals surface area contributed by atoms with Crippen molar-refractivity contribution in [2.24, 2.45) is 17.6 Å². The van der Waals surface area contributed by atoms with Gasteiger partial charge in [-0.15, -0.1) is 0 Å². The van der Waals surface area contributed by atoms with Gasteiger partial charge in [-0.3, -0.25) is 0 Å². The highest BCUT2D eigenvalue weighted by molar-refractivity contribution is 5.19. The molecule has 1 aliphatic heterocycles. The molecular weight excluding hydrogens is 277 g/mol. The third-order valence-corrected chi connectivity index (χ3v) is 4.39. The number of alkyl halides is 3. The molecule has 2 atom stereocenters. The lowest BCUT2D eigenvalue weighted by Crippen LogP contribution is -2.42. The van der Waals surface area contributed by atoms with Crippen molar-refractivity contribution < 1.29 is 13.2 Å². The monoisotopic (exact) mass is 300 g/mol. The van der Waals surface area contributed by atoms with Crippen molar-refractivity contribution in [2.45, 2.75) is 32.0 Å². The Labute approximate surface area is 124 Å². The van der Waals surface area contributed by atoms with Crippen LogP contribution in [0.5, 0.6) is 0 Å². The maximum absolute atomic E-state index is 12.6. The number of rotatable bonds is 4. The van der Waals surface area contributed by atoms with Gasteiger partial charge in [0.2, 0.25) is 0 Å². The molecule has 0 amide bonds. The standard InChI is InChI=1S/C16H23F3N2/c1-12(15(20)13-5-3-2-4-6-13)11-21-9-7-14(8-10-21)16(17,18)19/h2-6,12,14-15H,7-11,20H2,1H3. The number of likely N-dealkylation sites (tertiary alicyclic amines) is 1. The van der Waals surface area contributed by atoms with E-state index in [-0.39, 0.29) is 24.8 Å². The van der Waals surface area contributed by atoms with E-state index in [1.807, 2.05) is 30.3 Å². The molecule has 1 aliphatic rings. The molecule has 1 aromatic carbocycles. The van der Waals surface area contributed by atoms with Crippen molar-refractivity contribution in [1.82, 2.24) is 4.90 Å². The lowest BCUT2D eigenvalue weighted by atomic mass is 9.92. The number of nitrogens with two attached hydrogens (primary N) is 1. The highest BCUT2D eigenvalue weighted by Gasteiger charge is 2.41. The van der Waals surface area contributed by atoms with Crippen LogP contribution in [0.15, 0.2) is 30.3 Å². The number of hydrogen-bond acceptors (Lipinski definition) is 2. The van der Waals surface area contributed by atoms with Crippen LogP contribution in [-0.4, -0.2) is 30.7 Å². The molecule has 0 saturated carbocycles. The van der Waals surface area contributed by atoms with Crippen molar-refractivity contribution in [3.63, 3.8) is 0 Å². The second-order valence-corrected chi connectivity index (χ2v) is 6.03. The van der Waals surface area contributed by atoms with E-state index >= 15 is 0 Å². The summed E-state index contributed by atoms with van der Waals surface area (Å²) in [7, 11) is 0. The Balaban J connectivity index is 1.83. The van der Waals surface area contributed by atoms with Gasteiger partial charge in [0, 0.05) is 12.6 Å². The van der Waals surface area contributed by atoms with Crippen molar-refractivity contribution in [2.75, 3.05) is 19.6 Å². The van der Waals surface area contributed by atoms with E-state index in [9.17, 15) is 13.2 Å². The summed E-state index contributed by atoms with van der Waals surface area (Å²) in [5.41, 5.74) is 7.32. The van der Waals surface area contributed by atoms with Crippen molar-refractivity contribution in [3.8, 4) is 0 Å². The topological polar surface area (TPSA) is 29.3 Å². The van der Waals surface area contributed by atoms with E-state index in [1.165, 1.54) is 0 Å². The maximum Gasteiger partial charge on any atom is 0.391 e. The Hall–Kier alpha value is -1.07. The van der Waals surface area contributed by atoms with Crippen LogP contribution < -0.4 is 5.73 Å². The number of hydrogen-bond donors (Lipinski definition) is 1. The number of piperidine rings is 1. The third-order valence-electron chi connectivity index (χ3n) is 4.39. The quantitative estimate of drug-likeness (QED) is 0.920. The van der Waals surface area contributed by atoms with Gasteiger partial charge >= 0.3 is 6.18 Å². The molecule has 0 bridgehead atoms. The van der Waals surface area contributed by atoms with Crippen molar-refractivity contribution in [1.29, 1.82) is 0 Å². The molecule has 1 fully saturated rings. The highest BCUT2D eigenvalue weighted by atomic mass is 19.4. The molecule has 5 heteroatoms. The largest absolute Gasteiger partial charge is 0.391 e. The van der Waals surface area contributed by atoms with E-state index in [4.69, 9.17) is 5.73 Å². The minimum atomic E-state index is -4.04. The fourth-order valence-corrected chi connectivity index (χ4v) is 2.97. The first-order chi connectivity index (χ1) is 9.88. The predicted octanol–water partition coefficient (Wildman–Crippen LogP) is 3.60. The van der Waals surface area contributed by atoms with Gasteiger partial charge in [-0.05, 0) is 37.4 Å². The van der Waals surface area contributed by atoms with Crippen LogP contribution in [-0.2, 0) is 0 Å². The van der Waals surface area contributed by atoms with Gasteiger partial charge in [0.1, 0.15) is 0 Å². The van der Waals surface area contributed by atoms with E-state index in [0.717, 1.165) is 12.1 Å². The van der Waals surface area contributed by atoms with Gasteiger partial charge in [0.25, 0.3) is 0 Å². The number of benzene rings is 1. The number of nitrogens with zero attached hydrogens (tertiary/aromatic N) is 1. The molecule has 0 aliphatic carbocycles. The third kappa shape index (κ3) is 4.45. The van der Waals surface area contributed by atoms with Crippen LogP contribution in [0.1, 0.15) is 31.4 Å². The Bertz CT molecular complexity index is 425. The zero-order valence-corrected chi connectivity index (χ0v) is 12.3. The Morgan fingerprint density at radius 2 is 1.76 bits per heavy atom. The summed E-state index contributed by atoms with van der Waals surface area (Å²) in [5.74, 6) is -0.915. The average molecular weight is 300 g/mol. The van der Waals surface area contributed by atoms with Gasteiger partial charge in [0.05, 0.1) is 5.92 Å². The SMILES string of the molecule is CC(CN1CCC(C(F)(F)F)CC1)C(N)c1ccccc1. The van der Waals surface area contributed by atoms with E-state index in [2.05, 4.69) is 11.8 Å². The molecule has 1 aromatic rings. The second kappa shape index (κ2) is 6.79. The van der Waals surface area contributed by atoms with Crippen LogP contribution in [0.4, 0.5) is 13.2 Å². The zero-order valence-electron chi connectivity index (χ0n) is 12.3. The van der Waals surface area contributed by atoms with Crippen LogP contribution in [0.3, 0.4) is 0 Å². The lowest BCUT2D eigenvalue weighted by molar-refractivity contribution is -0.185. The molecule has 0 aromatic heterocycles. The molecule has 2 nitrogen and oxygen atoms in total. The molecule has 21 heavy (non-hydrogen) atoms. The van der Waals surface area contributed by atoms with Gasteiger partial charge in [-0.1, -0.05) is 37.3 Å². The first-order valence-electron chi connectivity index (χ1n) is 7.47. The predicted molar refractivity (Wildman–Crippen MR) is 77.8 cm³/mol. The summed E-state index contributed by atoms with van der Waals surface area (Å²) in [6.45, 7) is 3.83. The van der Waals surface area contributed by atoms with Gasteiger partial charge in [-0.2, -0.15) is 13.2 Å². The van der Waals surface area contributed by atoms with E-state index < -0.39 is 12.1 Å². The van der Waals surface area contributed by atoms with Crippen LogP contribution in [0.2, 0.25) is 0 Å². The Kier molecular flexibility index (Phi) is 5.27. The molecule has 2 N–H and O–H groups in total. The Morgan fingerprint density at radius 1 is 1.19 bits per heavy atom. The van der Waals surface area contributed by atoms with E-state index in [0.29, 0.717) is 13.1 Å². The van der Waals surface area contributed by atoms with Gasteiger partial charge < -0.3 is 10.6 Å². The summed E-state index contributed by atoms with van der Waals surface area (Å²) in [5, 5.41) is 0. The maximum atomic E-state index is 12.6. The van der Waals surface area contributed by atoms with Crippen LogP contribution in [0.25, 0.3) is 0 Å². The fraction of sp³-hybridized carbons (Fsp3) is 0.625. The second-order valence-electron chi connectivity index (χ2n) is 6.03. The van der Waals surface area contributed by atoms with Crippen molar-refractivity contribution >= 4 is 0 Å². The molecule has 1 saturated heterocycles. The average Bonchev–Trinajstić information content (AvgIpc) is 2.47. The molecular formula is C16H23F3N2. The molecule has 0 spiro atoms. The Morgan fingerprint density at radius 3 is 2.29 bits per heavy atom. The first kappa shape index (κ1) is 16.3.